The molecule has 0 aliphatic rings. The summed E-state index contributed by atoms with van der Waals surface area (Å²) in [6.07, 6.45) is 1.67. The van der Waals surface area contributed by atoms with Gasteiger partial charge >= 0.3 is 6.01 Å². The minimum absolute atomic E-state index is 0.152. The summed E-state index contributed by atoms with van der Waals surface area (Å²) < 4.78 is 5.10. The zero-order chi connectivity index (χ0) is 14.1. The van der Waals surface area contributed by atoms with Crippen LogP contribution in [-0.2, 0) is 0 Å². The first-order valence-electron chi connectivity index (χ1n) is 6.64. The lowest BCUT2D eigenvalue weighted by atomic mass is 10.4. The van der Waals surface area contributed by atoms with Crippen LogP contribution < -0.4 is 15.0 Å². The van der Waals surface area contributed by atoms with Gasteiger partial charge in [-0.3, -0.25) is 0 Å². The second-order valence-electron chi connectivity index (χ2n) is 4.03. The van der Waals surface area contributed by atoms with E-state index < -0.39 is 0 Å². The summed E-state index contributed by atoms with van der Waals surface area (Å²) in [5.74, 6) is 1.09. The van der Waals surface area contributed by atoms with E-state index in [1.54, 1.807) is 0 Å². The van der Waals surface area contributed by atoms with E-state index in [1.165, 1.54) is 7.11 Å². The molecule has 0 spiro atoms. The second-order valence-corrected chi connectivity index (χ2v) is 4.03. The van der Waals surface area contributed by atoms with E-state index >= 15 is 0 Å². The van der Waals surface area contributed by atoms with Gasteiger partial charge in [-0.15, -0.1) is 0 Å². The van der Waals surface area contributed by atoms with Crippen molar-refractivity contribution >= 4 is 11.9 Å². The van der Waals surface area contributed by atoms with Gasteiger partial charge in [0.05, 0.1) is 7.11 Å². The highest BCUT2D eigenvalue weighted by Gasteiger charge is 2.12. The highest BCUT2D eigenvalue weighted by molar-refractivity contribution is 5.38. The lowest BCUT2D eigenvalue weighted by Gasteiger charge is -2.20. The fraction of sp³-hybridized carbons (Fsp3) is 0.750. The van der Waals surface area contributed by atoms with Crippen molar-refractivity contribution in [1.29, 1.82) is 0 Å². The van der Waals surface area contributed by atoms with Gasteiger partial charge < -0.3 is 20.1 Å². The van der Waals surface area contributed by atoms with Crippen LogP contribution in [-0.4, -0.2) is 53.4 Å². The molecule has 0 aromatic carbocycles. The van der Waals surface area contributed by atoms with Gasteiger partial charge in [-0.1, -0.05) is 6.92 Å². The predicted molar refractivity (Wildman–Crippen MR) is 74.7 cm³/mol. The largest absolute Gasteiger partial charge is 0.467 e. The molecule has 0 bridgehead atoms. The fourth-order valence-corrected chi connectivity index (χ4v) is 1.56. The van der Waals surface area contributed by atoms with E-state index in [4.69, 9.17) is 9.84 Å². The van der Waals surface area contributed by atoms with Crippen LogP contribution in [0.1, 0.15) is 26.7 Å². The first-order chi connectivity index (χ1) is 9.24. The van der Waals surface area contributed by atoms with Gasteiger partial charge in [-0.2, -0.15) is 15.0 Å². The SMILES string of the molecule is CCCNc1nc(OC)nc(N(CC)CCCO)n1. The standard InChI is InChI=1S/C12H23N5O2/c1-4-7-13-10-14-11(16-12(15-10)19-3)17(5-2)8-6-9-18/h18H,4-9H2,1-3H3,(H,13,14,15,16). The Morgan fingerprint density at radius 3 is 2.63 bits per heavy atom. The van der Waals surface area contributed by atoms with E-state index in [2.05, 4.69) is 27.2 Å². The summed E-state index contributed by atoms with van der Waals surface area (Å²) >= 11 is 0. The van der Waals surface area contributed by atoms with Crippen LogP contribution in [0.2, 0.25) is 0 Å². The first-order valence-corrected chi connectivity index (χ1v) is 6.64. The Morgan fingerprint density at radius 2 is 2.05 bits per heavy atom. The van der Waals surface area contributed by atoms with Crippen molar-refractivity contribution in [3.63, 3.8) is 0 Å². The van der Waals surface area contributed by atoms with Crippen molar-refractivity contribution in [2.24, 2.45) is 0 Å². The molecule has 0 unspecified atom stereocenters. The molecule has 0 atom stereocenters. The monoisotopic (exact) mass is 269 g/mol. The average molecular weight is 269 g/mol. The minimum Gasteiger partial charge on any atom is -0.467 e. The Balaban J connectivity index is 2.89. The van der Waals surface area contributed by atoms with Crippen LogP contribution in [0, 0.1) is 0 Å². The number of nitrogens with one attached hydrogen (secondary N) is 1. The summed E-state index contributed by atoms with van der Waals surface area (Å²) in [4.78, 5) is 14.8. The third-order valence-corrected chi connectivity index (χ3v) is 2.57. The van der Waals surface area contributed by atoms with Gasteiger partial charge in [0.2, 0.25) is 11.9 Å². The molecule has 0 fully saturated rings. The molecule has 1 rings (SSSR count). The molecular weight excluding hydrogens is 246 g/mol. The summed E-state index contributed by atoms with van der Waals surface area (Å²) in [5, 5.41) is 12.0. The second kappa shape index (κ2) is 8.47. The van der Waals surface area contributed by atoms with Gasteiger partial charge in [0.15, 0.2) is 0 Å². The van der Waals surface area contributed by atoms with Gasteiger partial charge in [-0.05, 0) is 19.8 Å². The van der Waals surface area contributed by atoms with Crippen LogP contribution in [0.5, 0.6) is 6.01 Å². The molecule has 0 saturated carbocycles. The third-order valence-electron chi connectivity index (χ3n) is 2.57. The van der Waals surface area contributed by atoms with E-state index in [1.807, 2.05) is 11.8 Å². The topological polar surface area (TPSA) is 83.4 Å². The van der Waals surface area contributed by atoms with E-state index in [0.717, 1.165) is 19.5 Å². The Morgan fingerprint density at radius 1 is 1.26 bits per heavy atom. The van der Waals surface area contributed by atoms with Gasteiger partial charge in [-0.25, -0.2) is 0 Å². The number of aromatic nitrogens is 3. The molecule has 7 heteroatoms. The molecule has 0 amide bonds. The highest BCUT2D eigenvalue weighted by Crippen LogP contribution is 2.15. The molecule has 7 nitrogen and oxygen atoms in total. The van der Waals surface area contributed by atoms with E-state index in [-0.39, 0.29) is 6.61 Å². The molecule has 1 aromatic rings. The molecule has 1 heterocycles. The van der Waals surface area contributed by atoms with Crippen LogP contribution in [0.15, 0.2) is 0 Å². The number of aliphatic hydroxyl groups is 1. The quantitative estimate of drug-likeness (QED) is 0.689. The lowest BCUT2D eigenvalue weighted by molar-refractivity contribution is 0.289. The lowest BCUT2D eigenvalue weighted by Crippen LogP contribution is -2.27. The Bertz CT molecular complexity index is 375. The predicted octanol–water partition coefficient (Wildman–Crippen LogP) is 0.911. The number of rotatable bonds is 9. The van der Waals surface area contributed by atoms with Crippen molar-refractivity contribution in [3.05, 3.63) is 0 Å². The molecule has 0 saturated heterocycles. The number of anilines is 2. The summed E-state index contributed by atoms with van der Waals surface area (Å²) in [6.45, 7) is 6.52. The fourth-order valence-electron chi connectivity index (χ4n) is 1.56. The molecule has 108 valence electrons. The molecule has 0 radical (unpaired) electrons. The van der Waals surface area contributed by atoms with Crippen LogP contribution in [0.3, 0.4) is 0 Å². The molecule has 19 heavy (non-hydrogen) atoms. The summed E-state index contributed by atoms with van der Waals surface area (Å²) in [6, 6.07) is 0.297. The van der Waals surface area contributed by atoms with Crippen molar-refractivity contribution in [1.82, 2.24) is 15.0 Å². The van der Waals surface area contributed by atoms with Crippen molar-refractivity contribution < 1.29 is 9.84 Å². The highest BCUT2D eigenvalue weighted by atomic mass is 16.5. The van der Waals surface area contributed by atoms with Gasteiger partial charge in [0, 0.05) is 26.2 Å². The number of methoxy groups -OCH3 is 1. The van der Waals surface area contributed by atoms with Crippen molar-refractivity contribution in [3.8, 4) is 6.01 Å². The number of ether oxygens (including phenoxy) is 1. The number of hydrogen-bond donors (Lipinski definition) is 2. The van der Waals surface area contributed by atoms with Crippen LogP contribution in [0.4, 0.5) is 11.9 Å². The number of nitrogens with zero attached hydrogens (tertiary/aromatic N) is 4. The minimum atomic E-state index is 0.152. The zero-order valence-corrected chi connectivity index (χ0v) is 11.9. The molecule has 1 aromatic heterocycles. The first kappa shape index (κ1) is 15.4. The van der Waals surface area contributed by atoms with Crippen molar-refractivity contribution in [2.45, 2.75) is 26.7 Å². The number of hydrogen-bond acceptors (Lipinski definition) is 7. The molecule has 0 aliphatic carbocycles. The van der Waals surface area contributed by atoms with E-state index in [0.29, 0.717) is 30.9 Å². The maximum absolute atomic E-state index is 8.91. The van der Waals surface area contributed by atoms with E-state index in [9.17, 15) is 0 Å². The Hall–Kier alpha value is -1.63. The summed E-state index contributed by atoms with van der Waals surface area (Å²) in [7, 11) is 1.53. The maximum atomic E-state index is 8.91. The molecule has 2 N–H and O–H groups in total. The average Bonchev–Trinajstić information content (AvgIpc) is 2.45. The zero-order valence-electron chi connectivity index (χ0n) is 11.9. The van der Waals surface area contributed by atoms with Crippen LogP contribution in [0.25, 0.3) is 0 Å². The summed E-state index contributed by atoms with van der Waals surface area (Å²) in [5.41, 5.74) is 0. The van der Waals surface area contributed by atoms with Gasteiger partial charge in [0.1, 0.15) is 0 Å². The Kier molecular flexibility index (Phi) is 6.88. The smallest absolute Gasteiger partial charge is 0.322 e. The number of aliphatic hydroxyl groups excluding tert-OH is 1. The van der Waals surface area contributed by atoms with Crippen molar-refractivity contribution in [2.75, 3.05) is 43.6 Å². The maximum Gasteiger partial charge on any atom is 0.322 e. The molecular formula is C12H23N5O2. The normalized spacial score (nSPS) is 10.3. The molecule has 0 aliphatic heterocycles. The Labute approximate surface area is 114 Å². The van der Waals surface area contributed by atoms with Gasteiger partial charge in [0.25, 0.3) is 0 Å². The third kappa shape index (κ3) is 4.86. The van der Waals surface area contributed by atoms with Crippen LogP contribution >= 0.6 is 0 Å².